The van der Waals surface area contributed by atoms with Gasteiger partial charge in [0.05, 0.1) is 12.1 Å². The molecule has 1 unspecified atom stereocenters. The number of piperidine rings is 1. The van der Waals surface area contributed by atoms with Crippen LogP contribution in [0.15, 0.2) is 21.3 Å². The molecule has 2 aliphatic heterocycles. The van der Waals surface area contributed by atoms with E-state index in [1.165, 1.54) is 18.4 Å². The van der Waals surface area contributed by atoms with Crippen molar-refractivity contribution in [2.24, 2.45) is 5.41 Å². The van der Waals surface area contributed by atoms with Crippen molar-refractivity contribution in [1.82, 2.24) is 15.0 Å². The Bertz CT molecular complexity index is 751. The lowest BCUT2D eigenvalue weighted by Gasteiger charge is -2.40. The van der Waals surface area contributed by atoms with Crippen LogP contribution >= 0.6 is 11.3 Å². The average Bonchev–Trinajstić information content (AvgIpc) is 3.34. The van der Waals surface area contributed by atoms with Crippen molar-refractivity contribution in [2.45, 2.75) is 46.1 Å². The van der Waals surface area contributed by atoms with Gasteiger partial charge in [0.2, 0.25) is 5.91 Å². The minimum Gasteiger partial charge on any atom is -0.361 e. The molecule has 2 fully saturated rings. The van der Waals surface area contributed by atoms with Gasteiger partial charge >= 0.3 is 0 Å². The van der Waals surface area contributed by atoms with Gasteiger partial charge in [0.1, 0.15) is 5.76 Å². The third-order valence-corrected chi connectivity index (χ3v) is 6.76. The van der Waals surface area contributed by atoms with E-state index in [0.717, 1.165) is 56.2 Å². The van der Waals surface area contributed by atoms with E-state index in [1.54, 1.807) is 11.3 Å². The van der Waals surface area contributed by atoms with Crippen molar-refractivity contribution in [1.29, 1.82) is 0 Å². The summed E-state index contributed by atoms with van der Waals surface area (Å²) in [6, 6.07) is 2.06. The van der Waals surface area contributed by atoms with E-state index < -0.39 is 0 Å². The Kier molecular flexibility index (Phi) is 4.88. The Morgan fingerprint density at radius 3 is 2.92 bits per heavy atom. The summed E-state index contributed by atoms with van der Waals surface area (Å²) in [6.07, 6.45) is 4.10. The zero-order valence-corrected chi connectivity index (χ0v) is 16.5. The van der Waals surface area contributed by atoms with Crippen molar-refractivity contribution >= 4 is 17.2 Å². The van der Waals surface area contributed by atoms with Crippen LogP contribution in [0.2, 0.25) is 0 Å². The third kappa shape index (κ3) is 3.58. The van der Waals surface area contributed by atoms with E-state index in [0.29, 0.717) is 6.42 Å². The van der Waals surface area contributed by atoms with Crippen LogP contribution in [-0.4, -0.2) is 47.0 Å². The topological polar surface area (TPSA) is 49.6 Å². The molecular weight excluding hydrogens is 346 g/mol. The zero-order valence-electron chi connectivity index (χ0n) is 15.7. The summed E-state index contributed by atoms with van der Waals surface area (Å²) in [5.41, 5.74) is 3.64. The van der Waals surface area contributed by atoms with Gasteiger partial charge in [0.15, 0.2) is 0 Å². The Labute approximate surface area is 159 Å². The van der Waals surface area contributed by atoms with E-state index in [9.17, 15) is 4.79 Å². The molecule has 1 spiro atoms. The van der Waals surface area contributed by atoms with Crippen LogP contribution in [0.5, 0.6) is 0 Å². The van der Waals surface area contributed by atoms with Gasteiger partial charge in [0.25, 0.3) is 0 Å². The maximum absolute atomic E-state index is 12.7. The van der Waals surface area contributed by atoms with Gasteiger partial charge in [-0.05, 0) is 62.0 Å². The van der Waals surface area contributed by atoms with Crippen LogP contribution in [0.3, 0.4) is 0 Å². The number of rotatable bonds is 4. The molecule has 4 rings (SSSR count). The maximum atomic E-state index is 12.7. The molecule has 1 amide bonds. The SMILES string of the molecule is Cc1noc(C)c1CN1CCCC2(CCN(C(=O)Cc3ccsc3)C2)C1. The van der Waals surface area contributed by atoms with Gasteiger partial charge in [-0.1, -0.05) is 5.16 Å². The van der Waals surface area contributed by atoms with Crippen molar-refractivity contribution in [3.8, 4) is 0 Å². The van der Waals surface area contributed by atoms with Crippen molar-refractivity contribution < 1.29 is 9.32 Å². The second kappa shape index (κ2) is 7.16. The Hall–Kier alpha value is -1.66. The molecule has 6 heteroatoms. The molecular formula is C20H27N3O2S. The highest BCUT2D eigenvalue weighted by atomic mass is 32.1. The lowest BCUT2D eigenvalue weighted by atomic mass is 9.79. The fourth-order valence-corrected chi connectivity index (χ4v) is 5.23. The molecule has 0 aromatic carbocycles. The monoisotopic (exact) mass is 373 g/mol. The number of thiophene rings is 1. The quantitative estimate of drug-likeness (QED) is 0.824. The van der Waals surface area contributed by atoms with Crippen molar-refractivity contribution in [3.63, 3.8) is 0 Å². The van der Waals surface area contributed by atoms with E-state index in [4.69, 9.17) is 4.52 Å². The van der Waals surface area contributed by atoms with Crippen LogP contribution < -0.4 is 0 Å². The zero-order chi connectivity index (χ0) is 18.1. The van der Waals surface area contributed by atoms with Crippen molar-refractivity contribution in [3.05, 3.63) is 39.4 Å². The predicted molar refractivity (Wildman–Crippen MR) is 102 cm³/mol. The summed E-state index contributed by atoms with van der Waals surface area (Å²) in [4.78, 5) is 17.3. The van der Waals surface area contributed by atoms with Gasteiger partial charge in [-0.2, -0.15) is 11.3 Å². The molecule has 2 aromatic heterocycles. The largest absolute Gasteiger partial charge is 0.361 e. The Morgan fingerprint density at radius 1 is 1.31 bits per heavy atom. The highest BCUT2D eigenvalue weighted by Gasteiger charge is 2.42. The van der Waals surface area contributed by atoms with Gasteiger partial charge < -0.3 is 9.42 Å². The lowest BCUT2D eigenvalue weighted by Crippen LogP contribution is -2.45. The molecule has 0 bridgehead atoms. The number of amides is 1. The first-order chi connectivity index (χ1) is 12.5. The van der Waals surface area contributed by atoms with Gasteiger partial charge in [-0.25, -0.2) is 0 Å². The van der Waals surface area contributed by atoms with Gasteiger partial charge in [0, 0.05) is 37.2 Å². The van der Waals surface area contributed by atoms with Crippen molar-refractivity contribution in [2.75, 3.05) is 26.2 Å². The molecule has 140 valence electrons. The van der Waals surface area contributed by atoms with Crippen LogP contribution in [0.4, 0.5) is 0 Å². The number of hydrogen-bond donors (Lipinski definition) is 0. The second-order valence-corrected chi connectivity index (χ2v) is 8.77. The first kappa shape index (κ1) is 17.7. The second-order valence-electron chi connectivity index (χ2n) is 7.99. The van der Waals surface area contributed by atoms with Crippen LogP contribution in [0, 0.1) is 19.3 Å². The highest BCUT2D eigenvalue weighted by Crippen LogP contribution is 2.39. The first-order valence-corrected chi connectivity index (χ1v) is 10.4. The summed E-state index contributed by atoms with van der Waals surface area (Å²) in [5.74, 6) is 1.21. The summed E-state index contributed by atoms with van der Waals surface area (Å²) >= 11 is 1.66. The molecule has 5 nitrogen and oxygen atoms in total. The molecule has 2 saturated heterocycles. The number of hydrogen-bond acceptors (Lipinski definition) is 5. The number of nitrogens with zero attached hydrogens (tertiary/aromatic N) is 3. The number of aromatic nitrogens is 1. The fraction of sp³-hybridized carbons (Fsp3) is 0.600. The molecule has 26 heavy (non-hydrogen) atoms. The number of carbonyl (C=O) groups is 1. The molecule has 0 radical (unpaired) electrons. The fourth-order valence-electron chi connectivity index (χ4n) is 4.56. The minimum atomic E-state index is 0.265. The Balaban J connectivity index is 1.38. The lowest BCUT2D eigenvalue weighted by molar-refractivity contribution is -0.130. The smallest absolute Gasteiger partial charge is 0.227 e. The predicted octanol–water partition coefficient (Wildman–Crippen LogP) is 3.41. The summed E-state index contributed by atoms with van der Waals surface area (Å²) in [7, 11) is 0. The summed E-state index contributed by atoms with van der Waals surface area (Å²) in [6.45, 7) is 8.93. The van der Waals surface area contributed by atoms with E-state index >= 15 is 0 Å². The number of aryl methyl sites for hydroxylation is 2. The minimum absolute atomic E-state index is 0.265. The van der Waals surface area contributed by atoms with E-state index in [-0.39, 0.29) is 11.3 Å². The van der Waals surface area contributed by atoms with Gasteiger partial charge in [-0.3, -0.25) is 9.69 Å². The molecule has 2 aliphatic rings. The molecule has 1 atom stereocenters. The first-order valence-electron chi connectivity index (χ1n) is 9.48. The van der Waals surface area contributed by atoms with Gasteiger partial charge in [-0.15, -0.1) is 0 Å². The number of carbonyl (C=O) groups excluding carboxylic acids is 1. The van der Waals surface area contributed by atoms with Crippen LogP contribution in [-0.2, 0) is 17.8 Å². The molecule has 0 saturated carbocycles. The summed E-state index contributed by atoms with van der Waals surface area (Å²) in [5, 5.41) is 8.21. The third-order valence-electron chi connectivity index (χ3n) is 6.03. The van der Waals surface area contributed by atoms with E-state index in [2.05, 4.69) is 26.4 Å². The highest BCUT2D eigenvalue weighted by molar-refractivity contribution is 7.08. The van der Waals surface area contributed by atoms with E-state index in [1.807, 2.05) is 19.2 Å². The number of likely N-dealkylation sites (tertiary alicyclic amines) is 2. The van der Waals surface area contributed by atoms with Crippen LogP contribution in [0.1, 0.15) is 41.8 Å². The van der Waals surface area contributed by atoms with Crippen LogP contribution in [0.25, 0.3) is 0 Å². The molecule has 0 aliphatic carbocycles. The standard InChI is InChI=1S/C20H27N3O2S/c1-15-18(16(2)25-21-15)11-22-7-3-5-20(13-22)6-8-23(14-20)19(24)10-17-4-9-26-12-17/h4,9,12H,3,5-8,10-11,13-14H2,1-2H3. The Morgan fingerprint density at radius 2 is 2.19 bits per heavy atom. The normalized spacial score (nSPS) is 23.8. The molecule has 4 heterocycles. The molecule has 2 aromatic rings. The summed E-state index contributed by atoms with van der Waals surface area (Å²) < 4.78 is 5.32. The average molecular weight is 374 g/mol. The molecule has 0 N–H and O–H groups in total. The maximum Gasteiger partial charge on any atom is 0.227 e.